The van der Waals surface area contributed by atoms with Crippen LogP contribution in [0, 0.1) is 0 Å². The Labute approximate surface area is 127 Å². The van der Waals surface area contributed by atoms with Gasteiger partial charge in [0.05, 0.1) is 22.9 Å². The average Bonchev–Trinajstić information content (AvgIpc) is 3.02. The van der Waals surface area contributed by atoms with Crippen molar-refractivity contribution in [1.29, 1.82) is 0 Å². The number of aromatic nitrogens is 4. The molecule has 0 N–H and O–H groups in total. The zero-order chi connectivity index (χ0) is 14.5. The van der Waals surface area contributed by atoms with Gasteiger partial charge in [0.25, 0.3) is 0 Å². The van der Waals surface area contributed by atoms with Crippen molar-refractivity contribution in [1.82, 2.24) is 19.7 Å². The molecule has 2 aromatic heterocycles. The van der Waals surface area contributed by atoms with Crippen molar-refractivity contribution in [2.75, 3.05) is 0 Å². The largest absolute Gasteiger partial charge is 0.257 e. The summed E-state index contributed by atoms with van der Waals surface area (Å²) in [6.45, 7) is 0.542. The quantitative estimate of drug-likeness (QED) is 0.694. The standard InChI is InChI=1S/C15H12ClN5/c16-13-8-14(18-6-7-21-11-17-10-20-21)15(19-9-13)12-4-2-1-3-5-12/h1-6,8-11H,7H2. The van der Waals surface area contributed by atoms with Gasteiger partial charge in [-0.2, -0.15) is 5.10 Å². The van der Waals surface area contributed by atoms with Crippen LogP contribution in [0.5, 0.6) is 0 Å². The average molecular weight is 298 g/mol. The first-order valence-corrected chi connectivity index (χ1v) is 6.76. The Kier molecular flexibility index (Phi) is 4.02. The SMILES string of the molecule is Clc1cnc(-c2ccccc2)c(N=CCn2cncn2)c1. The molecule has 104 valence electrons. The molecule has 1 aromatic carbocycles. The van der Waals surface area contributed by atoms with Crippen molar-refractivity contribution in [3.8, 4) is 11.3 Å². The summed E-state index contributed by atoms with van der Waals surface area (Å²) < 4.78 is 1.68. The fourth-order valence-corrected chi connectivity index (χ4v) is 2.05. The number of hydrogen-bond acceptors (Lipinski definition) is 4. The smallest absolute Gasteiger partial charge is 0.137 e. The second-order valence-electron chi connectivity index (χ2n) is 4.32. The molecular weight excluding hydrogens is 286 g/mol. The zero-order valence-electron chi connectivity index (χ0n) is 11.1. The summed E-state index contributed by atoms with van der Waals surface area (Å²) in [4.78, 5) is 12.7. The molecule has 0 aliphatic carbocycles. The fourth-order valence-electron chi connectivity index (χ4n) is 1.90. The molecule has 3 aromatic rings. The molecule has 0 spiro atoms. The third-order valence-corrected chi connectivity index (χ3v) is 3.05. The van der Waals surface area contributed by atoms with Crippen LogP contribution in [-0.2, 0) is 6.54 Å². The number of benzene rings is 1. The lowest BCUT2D eigenvalue weighted by Crippen LogP contribution is -1.98. The van der Waals surface area contributed by atoms with E-state index in [0.29, 0.717) is 11.6 Å². The van der Waals surface area contributed by atoms with Gasteiger partial charge in [0, 0.05) is 18.0 Å². The maximum atomic E-state index is 6.02. The lowest BCUT2D eigenvalue weighted by Gasteiger charge is -2.05. The van der Waals surface area contributed by atoms with Crippen LogP contribution in [0.15, 0.2) is 60.2 Å². The van der Waals surface area contributed by atoms with Gasteiger partial charge in [-0.15, -0.1) is 0 Å². The fraction of sp³-hybridized carbons (Fsp3) is 0.0667. The molecule has 0 amide bonds. The van der Waals surface area contributed by atoms with Crippen LogP contribution in [0.1, 0.15) is 0 Å². The van der Waals surface area contributed by atoms with Crippen molar-refractivity contribution < 1.29 is 0 Å². The van der Waals surface area contributed by atoms with Gasteiger partial charge in [-0.25, -0.2) is 9.67 Å². The lowest BCUT2D eigenvalue weighted by molar-refractivity contribution is 0.729. The predicted molar refractivity (Wildman–Crippen MR) is 82.9 cm³/mol. The van der Waals surface area contributed by atoms with E-state index in [1.165, 1.54) is 6.33 Å². The maximum absolute atomic E-state index is 6.02. The van der Waals surface area contributed by atoms with E-state index in [2.05, 4.69) is 20.1 Å². The van der Waals surface area contributed by atoms with Crippen LogP contribution in [-0.4, -0.2) is 26.0 Å². The van der Waals surface area contributed by atoms with E-state index in [1.54, 1.807) is 29.5 Å². The summed E-state index contributed by atoms with van der Waals surface area (Å²) in [5, 5.41) is 4.58. The van der Waals surface area contributed by atoms with Crippen molar-refractivity contribution in [3.05, 3.63) is 60.3 Å². The van der Waals surface area contributed by atoms with Crippen molar-refractivity contribution in [3.63, 3.8) is 0 Å². The Bertz CT molecular complexity index is 738. The van der Waals surface area contributed by atoms with Crippen LogP contribution in [0.3, 0.4) is 0 Å². The second kappa shape index (κ2) is 6.28. The molecule has 0 fully saturated rings. The molecule has 0 aliphatic rings. The molecule has 0 unspecified atom stereocenters. The minimum atomic E-state index is 0.542. The van der Waals surface area contributed by atoms with E-state index in [4.69, 9.17) is 11.6 Å². The Morgan fingerprint density at radius 1 is 1.24 bits per heavy atom. The Morgan fingerprint density at radius 3 is 2.86 bits per heavy atom. The molecule has 0 radical (unpaired) electrons. The minimum Gasteiger partial charge on any atom is -0.257 e. The molecule has 3 rings (SSSR count). The minimum absolute atomic E-state index is 0.542. The van der Waals surface area contributed by atoms with Gasteiger partial charge in [-0.1, -0.05) is 41.9 Å². The molecule has 21 heavy (non-hydrogen) atoms. The summed E-state index contributed by atoms with van der Waals surface area (Å²) in [5.74, 6) is 0. The summed E-state index contributed by atoms with van der Waals surface area (Å²) in [6.07, 6.45) is 6.51. The molecule has 6 heteroatoms. The van der Waals surface area contributed by atoms with Crippen LogP contribution >= 0.6 is 11.6 Å². The lowest BCUT2D eigenvalue weighted by atomic mass is 10.1. The van der Waals surface area contributed by atoms with E-state index < -0.39 is 0 Å². The highest BCUT2D eigenvalue weighted by atomic mass is 35.5. The number of rotatable bonds is 4. The van der Waals surface area contributed by atoms with Crippen molar-refractivity contribution in [2.24, 2.45) is 4.99 Å². The monoisotopic (exact) mass is 297 g/mol. The normalized spacial score (nSPS) is 11.1. The van der Waals surface area contributed by atoms with E-state index in [9.17, 15) is 0 Å². The van der Waals surface area contributed by atoms with Crippen LogP contribution in [0.2, 0.25) is 5.02 Å². The van der Waals surface area contributed by atoms with Crippen molar-refractivity contribution in [2.45, 2.75) is 6.54 Å². The van der Waals surface area contributed by atoms with Crippen LogP contribution in [0.25, 0.3) is 11.3 Å². The number of hydrogen-bond donors (Lipinski definition) is 0. The van der Waals surface area contributed by atoms with Crippen LogP contribution < -0.4 is 0 Å². The maximum Gasteiger partial charge on any atom is 0.137 e. The van der Waals surface area contributed by atoms with Gasteiger partial charge in [0.1, 0.15) is 12.7 Å². The Hall–Kier alpha value is -2.53. The summed E-state index contributed by atoms with van der Waals surface area (Å²) in [6, 6.07) is 11.7. The van der Waals surface area contributed by atoms with Gasteiger partial charge in [0.15, 0.2) is 0 Å². The van der Waals surface area contributed by atoms with Crippen molar-refractivity contribution >= 4 is 23.5 Å². The van der Waals surface area contributed by atoms with Gasteiger partial charge < -0.3 is 0 Å². The Balaban J connectivity index is 1.90. The van der Waals surface area contributed by atoms with E-state index in [1.807, 2.05) is 30.3 Å². The first-order chi connectivity index (χ1) is 10.3. The number of aliphatic imine (C=N–C) groups is 1. The van der Waals surface area contributed by atoms with E-state index >= 15 is 0 Å². The first kappa shape index (κ1) is 13.5. The molecule has 0 atom stereocenters. The van der Waals surface area contributed by atoms with Gasteiger partial charge >= 0.3 is 0 Å². The second-order valence-corrected chi connectivity index (χ2v) is 4.75. The number of nitrogens with zero attached hydrogens (tertiary/aromatic N) is 5. The summed E-state index contributed by atoms with van der Waals surface area (Å²) >= 11 is 6.02. The molecule has 0 saturated heterocycles. The van der Waals surface area contributed by atoms with Crippen LogP contribution in [0.4, 0.5) is 5.69 Å². The van der Waals surface area contributed by atoms with Gasteiger partial charge in [0.2, 0.25) is 0 Å². The highest BCUT2D eigenvalue weighted by molar-refractivity contribution is 6.30. The molecule has 0 bridgehead atoms. The zero-order valence-corrected chi connectivity index (χ0v) is 11.9. The highest BCUT2D eigenvalue weighted by Crippen LogP contribution is 2.29. The molecule has 5 nitrogen and oxygen atoms in total. The molecule has 2 heterocycles. The third-order valence-electron chi connectivity index (χ3n) is 2.85. The van der Waals surface area contributed by atoms with Gasteiger partial charge in [-0.3, -0.25) is 9.98 Å². The number of halogens is 1. The molecule has 0 aliphatic heterocycles. The topological polar surface area (TPSA) is 56.0 Å². The Morgan fingerprint density at radius 2 is 2.10 bits per heavy atom. The molecular formula is C15H12ClN5. The van der Waals surface area contributed by atoms with Gasteiger partial charge in [-0.05, 0) is 6.07 Å². The third kappa shape index (κ3) is 3.32. The van der Waals surface area contributed by atoms with E-state index in [-0.39, 0.29) is 0 Å². The van der Waals surface area contributed by atoms with E-state index in [0.717, 1.165) is 16.9 Å². The summed E-state index contributed by atoms with van der Waals surface area (Å²) in [7, 11) is 0. The highest BCUT2D eigenvalue weighted by Gasteiger charge is 2.06. The number of pyridine rings is 1. The predicted octanol–water partition coefficient (Wildman–Crippen LogP) is 3.40. The molecule has 0 saturated carbocycles. The summed E-state index contributed by atoms with van der Waals surface area (Å²) in [5.41, 5.74) is 2.53. The first-order valence-electron chi connectivity index (χ1n) is 6.39.